The molecule has 1 aliphatic heterocycles. The second kappa shape index (κ2) is 10.2. The molecule has 0 bridgehead atoms. The quantitative estimate of drug-likeness (QED) is 0.240. The maximum absolute atomic E-state index is 12.6. The summed E-state index contributed by atoms with van der Waals surface area (Å²) in [6, 6.07) is 17.9. The van der Waals surface area contributed by atoms with E-state index in [0.29, 0.717) is 22.2 Å². The van der Waals surface area contributed by atoms with E-state index in [1.54, 1.807) is 16.2 Å². The summed E-state index contributed by atoms with van der Waals surface area (Å²) in [5.74, 6) is -0.00190. The van der Waals surface area contributed by atoms with Crippen LogP contribution in [0.5, 0.6) is 0 Å². The second-order valence-electron chi connectivity index (χ2n) is 7.23. The highest BCUT2D eigenvalue weighted by molar-refractivity contribution is 8.26. The van der Waals surface area contributed by atoms with Crippen LogP contribution in [0.4, 0.5) is 5.69 Å². The fourth-order valence-electron chi connectivity index (χ4n) is 3.47. The number of nitrogens with one attached hydrogen (secondary N) is 1. The van der Waals surface area contributed by atoms with Gasteiger partial charge < -0.3 is 5.32 Å². The molecule has 2 aromatic carbocycles. The molecule has 2 heterocycles. The van der Waals surface area contributed by atoms with Crippen molar-refractivity contribution < 1.29 is 9.59 Å². The molecule has 1 N–H and O–H groups in total. The fraction of sp³-hybridized carbons (Fsp3) is 0.208. The lowest BCUT2D eigenvalue weighted by Gasteiger charge is -2.14. The number of carbonyl (C=O) groups is 2. The van der Waals surface area contributed by atoms with Crippen molar-refractivity contribution in [2.24, 2.45) is 0 Å². The van der Waals surface area contributed by atoms with Gasteiger partial charge in [0.15, 0.2) is 0 Å². The van der Waals surface area contributed by atoms with Crippen molar-refractivity contribution in [1.29, 1.82) is 0 Å². The third-order valence-corrected chi connectivity index (χ3v) is 7.24. The summed E-state index contributed by atoms with van der Waals surface area (Å²) >= 11 is 8.35. The molecule has 1 saturated heterocycles. The molecular weight excluding hydrogens is 444 g/mol. The number of nitrogens with zero attached hydrogens (tertiary/aromatic N) is 1. The van der Waals surface area contributed by atoms with Gasteiger partial charge in [-0.05, 0) is 41.8 Å². The van der Waals surface area contributed by atoms with E-state index in [1.165, 1.54) is 11.8 Å². The van der Waals surface area contributed by atoms with Crippen LogP contribution in [-0.4, -0.2) is 27.6 Å². The first kappa shape index (κ1) is 21.7. The number of benzene rings is 2. The molecule has 1 aliphatic rings. The molecule has 0 atom stereocenters. The molecule has 3 aromatic rings. The van der Waals surface area contributed by atoms with E-state index in [1.807, 2.05) is 66.1 Å². The van der Waals surface area contributed by atoms with Crippen molar-refractivity contribution in [3.63, 3.8) is 0 Å². The number of thiocarbonyl (C=S) groups is 1. The molecule has 4 rings (SSSR count). The molecule has 1 fully saturated rings. The van der Waals surface area contributed by atoms with Crippen LogP contribution in [0, 0.1) is 0 Å². The zero-order valence-electron chi connectivity index (χ0n) is 16.9. The Morgan fingerprint density at radius 2 is 1.87 bits per heavy atom. The van der Waals surface area contributed by atoms with Crippen LogP contribution in [0.3, 0.4) is 0 Å². The third kappa shape index (κ3) is 5.42. The Morgan fingerprint density at radius 1 is 1.03 bits per heavy atom. The number of thiophene rings is 1. The van der Waals surface area contributed by atoms with E-state index in [4.69, 9.17) is 12.2 Å². The minimum Gasteiger partial charge on any atom is -0.326 e. The standard InChI is InChI=1S/C24H22N2O2S3/c27-22(25-20-12-6-9-17-8-3-4-11-19(17)20)13-2-1-5-14-26-23(28)21(31-24(26)29)16-18-10-7-15-30-18/h3-4,6-12,15-16H,1-2,5,13-14H2,(H,25,27). The second-order valence-corrected chi connectivity index (χ2v) is 9.89. The summed E-state index contributed by atoms with van der Waals surface area (Å²) in [4.78, 5) is 28.4. The van der Waals surface area contributed by atoms with Crippen LogP contribution in [0.1, 0.15) is 30.6 Å². The van der Waals surface area contributed by atoms with Gasteiger partial charge in [-0.15, -0.1) is 11.3 Å². The van der Waals surface area contributed by atoms with Crippen LogP contribution >= 0.6 is 35.3 Å². The number of unbranched alkanes of at least 4 members (excludes halogenated alkanes) is 2. The topological polar surface area (TPSA) is 49.4 Å². The molecule has 0 spiro atoms. The first-order valence-corrected chi connectivity index (χ1v) is 12.3. The molecule has 2 amide bonds. The summed E-state index contributed by atoms with van der Waals surface area (Å²) in [5.41, 5.74) is 0.846. The largest absolute Gasteiger partial charge is 0.326 e. The normalized spacial score (nSPS) is 15.2. The van der Waals surface area contributed by atoms with Gasteiger partial charge in [0.1, 0.15) is 4.32 Å². The number of anilines is 1. The first-order chi connectivity index (χ1) is 15.1. The van der Waals surface area contributed by atoms with Gasteiger partial charge in [0.05, 0.1) is 4.91 Å². The number of hydrogen-bond donors (Lipinski definition) is 1. The summed E-state index contributed by atoms with van der Waals surface area (Å²) in [5, 5.41) is 7.17. The molecule has 0 aliphatic carbocycles. The number of fused-ring (bicyclic) bond motifs is 1. The number of amides is 2. The number of hydrogen-bond acceptors (Lipinski definition) is 5. The van der Waals surface area contributed by atoms with Crippen molar-refractivity contribution in [1.82, 2.24) is 4.90 Å². The molecule has 158 valence electrons. The lowest BCUT2D eigenvalue weighted by Crippen LogP contribution is -2.29. The van der Waals surface area contributed by atoms with Crippen molar-refractivity contribution in [3.8, 4) is 0 Å². The first-order valence-electron chi connectivity index (χ1n) is 10.2. The predicted molar refractivity (Wildman–Crippen MR) is 135 cm³/mol. The number of carbonyl (C=O) groups excluding carboxylic acids is 2. The maximum atomic E-state index is 12.6. The van der Waals surface area contributed by atoms with Crippen molar-refractivity contribution in [2.75, 3.05) is 11.9 Å². The molecule has 0 saturated carbocycles. The molecule has 31 heavy (non-hydrogen) atoms. The molecule has 0 radical (unpaired) electrons. The van der Waals surface area contributed by atoms with Crippen LogP contribution in [0.25, 0.3) is 16.8 Å². The van der Waals surface area contributed by atoms with Crippen molar-refractivity contribution in [3.05, 3.63) is 69.8 Å². The van der Waals surface area contributed by atoms with E-state index in [0.717, 1.165) is 40.6 Å². The molecule has 1 aromatic heterocycles. The highest BCUT2D eigenvalue weighted by atomic mass is 32.2. The van der Waals surface area contributed by atoms with Gasteiger partial charge in [-0.1, -0.05) is 72.9 Å². The van der Waals surface area contributed by atoms with Gasteiger partial charge in [-0.2, -0.15) is 0 Å². The van der Waals surface area contributed by atoms with Crippen molar-refractivity contribution >= 4 is 74.0 Å². The van der Waals surface area contributed by atoms with Gasteiger partial charge in [-0.25, -0.2) is 0 Å². The maximum Gasteiger partial charge on any atom is 0.266 e. The Balaban J connectivity index is 1.22. The van der Waals surface area contributed by atoms with E-state index in [-0.39, 0.29) is 11.8 Å². The zero-order chi connectivity index (χ0) is 21.6. The molecule has 0 unspecified atom stereocenters. The Labute approximate surface area is 195 Å². The highest BCUT2D eigenvalue weighted by Gasteiger charge is 2.31. The zero-order valence-corrected chi connectivity index (χ0v) is 19.3. The Hall–Kier alpha value is -2.48. The average Bonchev–Trinajstić information content (AvgIpc) is 3.37. The number of thioether (sulfide) groups is 1. The summed E-state index contributed by atoms with van der Waals surface area (Å²) in [6.07, 6.45) is 4.82. The lowest BCUT2D eigenvalue weighted by molar-refractivity contribution is -0.122. The van der Waals surface area contributed by atoms with Gasteiger partial charge in [0.25, 0.3) is 5.91 Å². The van der Waals surface area contributed by atoms with Crippen LogP contribution in [0.2, 0.25) is 0 Å². The number of rotatable bonds is 8. The molecule has 4 nitrogen and oxygen atoms in total. The van der Waals surface area contributed by atoms with E-state index >= 15 is 0 Å². The van der Waals surface area contributed by atoms with Gasteiger partial charge in [0, 0.05) is 28.9 Å². The Morgan fingerprint density at radius 3 is 2.71 bits per heavy atom. The smallest absolute Gasteiger partial charge is 0.266 e. The van der Waals surface area contributed by atoms with E-state index in [9.17, 15) is 9.59 Å². The third-order valence-electron chi connectivity index (χ3n) is 5.04. The van der Waals surface area contributed by atoms with Crippen LogP contribution < -0.4 is 5.32 Å². The van der Waals surface area contributed by atoms with Gasteiger partial charge in [-0.3, -0.25) is 14.5 Å². The van der Waals surface area contributed by atoms with Gasteiger partial charge in [0.2, 0.25) is 5.91 Å². The SMILES string of the molecule is O=C(CCCCCN1C(=O)C(=Cc2cccs2)SC1=S)Nc1cccc2ccccc12. The summed E-state index contributed by atoms with van der Waals surface area (Å²) in [7, 11) is 0. The minimum absolute atomic E-state index is 0.0147. The van der Waals surface area contributed by atoms with Gasteiger partial charge >= 0.3 is 0 Å². The molecular formula is C24H22N2O2S3. The van der Waals surface area contributed by atoms with E-state index in [2.05, 4.69) is 5.32 Å². The summed E-state index contributed by atoms with van der Waals surface area (Å²) in [6.45, 7) is 0.595. The lowest BCUT2D eigenvalue weighted by atomic mass is 10.1. The minimum atomic E-state index is -0.0166. The molecule has 7 heteroatoms. The summed E-state index contributed by atoms with van der Waals surface area (Å²) < 4.78 is 0.613. The van der Waals surface area contributed by atoms with Crippen LogP contribution in [-0.2, 0) is 9.59 Å². The Bertz CT molecular complexity index is 1130. The van der Waals surface area contributed by atoms with E-state index < -0.39 is 0 Å². The Kier molecular flexibility index (Phi) is 7.17. The average molecular weight is 467 g/mol. The highest BCUT2D eigenvalue weighted by Crippen LogP contribution is 2.33. The fourth-order valence-corrected chi connectivity index (χ4v) is 5.51. The predicted octanol–water partition coefficient (Wildman–Crippen LogP) is 6.30. The van der Waals surface area contributed by atoms with Crippen LogP contribution in [0.15, 0.2) is 64.9 Å². The monoisotopic (exact) mass is 466 g/mol. The van der Waals surface area contributed by atoms with Crippen molar-refractivity contribution in [2.45, 2.75) is 25.7 Å².